The van der Waals surface area contributed by atoms with Gasteiger partial charge in [0.2, 0.25) is 0 Å². The number of fused-ring (bicyclic) bond motifs is 1. The van der Waals surface area contributed by atoms with Crippen molar-refractivity contribution in [1.82, 2.24) is 9.80 Å². The van der Waals surface area contributed by atoms with Gasteiger partial charge in [-0.25, -0.2) is 9.59 Å². The Bertz CT molecular complexity index is 414. The van der Waals surface area contributed by atoms with Gasteiger partial charge >= 0.3 is 12.0 Å². The molecule has 2 aliphatic heterocycles. The molecule has 0 radical (unpaired) electrons. The number of hydrogen-bond acceptors (Lipinski definition) is 3. The first-order valence-electron chi connectivity index (χ1n) is 7.60. The normalized spacial score (nSPS) is 36.5. The van der Waals surface area contributed by atoms with Crippen molar-refractivity contribution in [2.75, 3.05) is 26.2 Å². The van der Waals surface area contributed by atoms with Crippen molar-refractivity contribution in [1.29, 1.82) is 0 Å². The minimum absolute atomic E-state index is 0.0947. The summed E-state index contributed by atoms with van der Waals surface area (Å²) in [6, 6.07) is -0.713. The smallest absolute Gasteiger partial charge is 0.326 e. The van der Waals surface area contributed by atoms with Crippen LogP contribution in [0.3, 0.4) is 0 Å². The number of amides is 2. The molecule has 0 spiro atoms. The molecule has 20 heavy (non-hydrogen) atoms. The molecule has 112 valence electrons. The first-order valence-corrected chi connectivity index (χ1v) is 7.60. The summed E-state index contributed by atoms with van der Waals surface area (Å²) >= 11 is 0. The van der Waals surface area contributed by atoms with Gasteiger partial charge in [0.25, 0.3) is 0 Å². The third kappa shape index (κ3) is 2.16. The van der Waals surface area contributed by atoms with Crippen molar-refractivity contribution in [3.8, 4) is 0 Å². The molecule has 1 aliphatic carbocycles. The van der Waals surface area contributed by atoms with Crippen LogP contribution in [0.5, 0.6) is 0 Å². The Labute approximate surface area is 118 Å². The Morgan fingerprint density at radius 3 is 2.65 bits per heavy atom. The Morgan fingerprint density at radius 1 is 1.20 bits per heavy atom. The summed E-state index contributed by atoms with van der Waals surface area (Å²) in [5.74, 6) is 0.0592. The summed E-state index contributed by atoms with van der Waals surface area (Å²) in [7, 11) is 0. The van der Waals surface area contributed by atoms with E-state index in [1.165, 1.54) is 0 Å². The number of urea groups is 1. The van der Waals surface area contributed by atoms with E-state index in [1.807, 2.05) is 0 Å². The van der Waals surface area contributed by atoms with E-state index in [4.69, 9.17) is 5.73 Å². The zero-order valence-corrected chi connectivity index (χ0v) is 11.7. The predicted octanol–water partition coefficient (Wildman–Crippen LogP) is 0.572. The molecular formula is C14H23N3O3. The maximum absolute atomic E-state index is 12.6. The second kappa shape index (κ2) is 5.24. The molecular weight excluding hydrogens is 258 g/mol. The third-order valence-corrected chi connectivity index (χ3v) is 5.28. The Balaban J connectivity index is 1.72. The zero-order valence-electron chi connectivity index (χ0n) is 11.7. The largest absolute Gasteiger partial charge is 0.480 e. The fraction of sp³-hybridized carbons (Fsp3) is 0.857. The lowest BCUT2D eigenvalue weighted by molar-refractivity contribution is -0.142. The maximum atomic E-state index is 12.6. The number of carboxylic acid groups (broad SMARTS) is 1. The van der Waals surface area contributed by atoms with Gasteiger partial charge in [0.1, 0.15) is 6.04 Å². The molecule has 4 atom stereocenters. The van der Waals surface area contributed by atoms with Crippen molar-refractivity contribution in [3.05, 3.63) is 0 Å². The van der Waals surface area contributed by atoms with Crippen LogP contribution in [-0.2, 0) is 4.79 Å². The topological polar surface area (TPSA) is 86.9 Å². The van der Waals surface area contributed by atoms with Gasteiger partial charge in [-0.3, -0.25) is 0 Å². The van der Waals surface area contributed by atoms with Gasteiger partial charge in [0.05, 0.1) is 0 Å². The molecule has 6 heteroatoms. The molecule has 3 fully saturated rings. The predicted molar refractivity (Wildman–Crippen MR) is 73.1 cm³/mol. The van der Waals surface area contributed by atoms with Crippen molar-refractivity contribution < 1.29 is 14.7 Å². The SMILES string of the molecule is NCC1CCN(C(=O)N2CC3CCCC3C2C(=O)O)C1. The van der Waals surface area contributed by atoms with Crippen molar-refractivity contribution in [2.24, 2.45) is 23.5 Å². The van der Waals surface area contributed by atoms with Gasteiger partial charge in [-0.05, 0) is 43.6 Å². The highest BCUT2D eigenvalue weighted by molar-refractivity contribution is 5.84. The number of aliphatic carboxylic acids is 1. The second-order valence-electron chi connectivity index (χ2n) is 6.41. The molecule has 3 rings (SSSR count). The summed E-state index contributed by atoms with van der Waals surface area (Å²) in [5.41, 5.74) is 5.65. The first-order chi connectivity index (χ1) is 9.61. The third-order valence-electron chi connectivity index (χ3n) is 5.28. The van der Waals surface area contributed by atoms with Crippen LogP contribution in [0.1, 0.15) is 25.7 Å². The van der Waals surface area contributed by atoms with E-state index in [0.29, 0.717) is 38.0 Å². The van der Waals surface area contributed by atoms with Crippen LogP contribution in [0, 0.1) is 17.8 Å². The lowest BCUT2D eigenvalue weighted by Crippen LogP contribution is -2.49. The summed E-state index contributed by atoms with van der Waals surface area (Å²) in [5, 5.41) is 9.49. The van der Waals surface area contributed by atoms with Crippen LogP contribution >= 0.6 is 0 Å². The average molecular weight is 281 g/mol. The van der Waals surface area contributed by atoms with Crippen molar-refractivity contribution >= 4 is 12.0 Å². The number of carbonyl (C=O) groups excluding carboxylic acids is 1. The van der Waals surface area contributed by atoms with Crippen LogP contribution in [0.4, 0.5) is 4.79 Å². The molecule has 0 bridgehead atoms. The van der Waals surface area contributed by atoms with Crippen LogP contribution in [0.15, 0.2) is 0 Å². The van der Waals surface area contributed by atoms with Gasteiger partial charge in [-0.2, -0.15) is 0 Å². The minimum atomic E-state index is -0.845. The van der Waals surface area contributed by atoms with E-state index in [0.717, 1.165) is 25.7 Å². The molecule has 4 unspecified atom stereocenters. The second-order valence-corrected chi connectivity index (χ2v) is 6.41. The molecule has 3 aliphatic rings. The number of hydrogen-bond donors (Lipinski definition) is 2. The molecule has 1 saturated carbocycles. The number of likely N-dealkylation sites (tertiary alicyclic amines) is 2. The summed E-state index contributed by atoms with van der Waals surface area (Å²) in [4.78, 5) is 27.6. The standard InChI is InChI=1S/C14H23N3O3/c15-6-9-4-5-16(7-9)14(20)17-8-10-2-1-3-11(10)12(17)13(18)19/h9-12H,1-8,15H2,(H,18,19). The number of nitrogens with zero attached hydrogens (tertiary/aromatic N) is 2. The maximum Gasteiger partial charge on any atom is 0.326 e. The Hall–Kier alpha value is -1.30. The zero-order chi connectivity index (χ0) is 14.3. The van der Waals surface area contributed by atoms with Crippen LogP contribution in [-0.4, -0.2) is 59.1 Å². The van der Waals surface area contributed by atoms with E-state index in [9.17, 15) is 14.7 Å². The van der Waals surface area contributed by atoms with Crippen molar-refractivity contribution in [3.63, 3.8) is 0 Å². The fourth-order valence-electron chi connectivity index (χ4n) is 4.20. The molecule has 0 aromatic heterocycles. The minimum Gasteiger partial charge on any atom is -0.480 e. The molecule has 2 heterocycles. The van der Waals surface area contributed by atoms with Crippen LogP contribution < -0.4 is 5.73 Å². The monoisotopic (exact) mass is 281 g/mol. The number of carboxylic acids is 1. The number of carbonyl (C=O) groups is 2. The lowest BCUT2D eigenvalue weighted by Gasteiger charge is -2.29. The summed E-state index contributed by atoms with van der Waals surface area (Å²) in [6.07, 6.45) is 4.03. The molecule has 6 nitrogen and oxygen atoms in total. The Kier molecular flexibility index (Phi) is 3.58. The van der Waals surface area contributed by atoms with Crippen LogP contribution in [0.2, 0.25) is 0 Å². The van der Waals surface area contributed by atoms with E-state index in [2.05, 4.69) is 0 Å². The number of nitrogens with two attached hydrogens (primary N) is 1. The molecule has 0 aromatic carbocycles. The van der Waals surface area contributed by atoms with Gasteiger partial charge in [0, 0.05) is 19.6 Å². The van der Waals surface area contributed by atoms with E-state index in [1.54, 1.807) is 9.80 Å². The van der Waals surface area contributed by atoms with E-state index in [-0.39, 0.29) is 11.9 Å². The summed E-state index contributed by atoms with van der Waals surface area (Å²) in [6.45, 7) is 2.59. The van der Waals surface area contributed by atoms with E-state index < -0.39 is 12.0 Å². The summed E-state index contributed by atoms with van der Waals surface area (Å²) < 4.78 is 0. The van der Waals surface area contributed by atoms with Gasteiger partial charge in [-0.1, -0.05) is 6.42 Å². The van der Waals surface area contributed by atoms with E-state index >= 15 is 0 Å². The number of rotatable bonds is 2. The molecule has 2 amide bonds. The highest BCUT2D eigenvalue weighted by atomic mass is 16.4. The molecule has 3 N–H and O–H groups in total. The quantitative estimate of drug-likeness (QED) is 0.775. The average Bonchev–Trinajstić information content (AvgIpc) is 3.11. The van der Waals surface area contributed by atoms with Gasteiger partial charge < -0.3 is 20.6 Å². The van der Waals surface area contributed by atoms with Gasteiger partial charge in [0.15, 0.2) is 0 Å². The van der Waals surface area contributed by atoms with Gasteiger partial charge in [-0.15, -0.1) is 0 Å². The first kappa shape index (κ1) is 13.7. The van der Waals surface area contributed by atoms with Crippen LogP contribution in [0.25, 0.3) is 0 Å². The molecule has 2 saturated heterocycles. The van der Waals surface area contributed by atoms with Crippen molar-refractivity contribution in [2.45, 2.75) is 31.7 Å². The molecule has 0 aromatic rings. The Morgan fingerprint density at radius 2 is 2.00 bits per heavy atom. The lowest BCUT2D eigenvalue weighted by atomic mass is 9.94. The highest BCUT2D eigenvalue weighted by Gasteiger charge is 2.50. The highest BCUT2D eigenvalue weighted by Crippen LogP contribution is 2.42. The fourth-order valence-corrected chi connectivity index (χ4v) is 4.20.